The van der Waals surface area contributed by atoms with Crippen molar-refractivity contribution in [3.63, 3.8) is 0 Å². The SMILES string of the molecule is c1ccc2c(c1)nc(NC1CCOC3(CCCC3)C1)c1nnnn12. The second kappa shape index (κ2) is 5.37. The summed E-state index contributed by atoms with van der Waals surface area (Å²) >= 11 is 0. The number of nitrogens with one attached hydrogen (secondary N) is 1. The number of para-hydroxylation sites is 2. The van der Waals surface area contributed by atoms with Crippen LogP contribution < -0.4 is 5.32 Å². The second-order valence-corrected chi connectivity index (χ2v) is 6.94. The lowest BCUT2D eigenvalue weighted by molar-refractivity contribution is -0.0767. The topological polar surface area (TPSA) is 77.2 Å². The molecule has 1 atom stereocenters. The highest BCUT2D eigenvalue weighted by Crippen LogP contribution is 2.40. The van der Waals surface area contributed by atoms with Crippen LogP contribution in [-0.4, -0.2) is 43.3 Å². The third-order valence-corrected chi connectivity index (χ3v) is 5.37. The molecule has 1 aliphatic heterocycles. The van der Waals surface area contributed by atoms with Crippen molar-refractivity contribution in [2.24, 2.45) is 0 Å². The van der Waals surface area contributed by atoms with E-state index in [1.54, 1.807) is 4.52 Å². The van der Waals surface area contributed by atoms with E-state index in [-0.39, 0.29) is 5.60 Å². The van der Waals surface area contributed by atoms with Gasteiger partial charge in [-0.15, -0.1) is 5.10 Å². The minimum absolute atomic E-state index is 0.0783. The van der Waals surface area contributed by atoms with Gasteiger partial charge in [0.05, 0.1) is 16.6 Å². The summed E-state index contributed by atoms with van der Waals surface area (Å²) < 4.78 is 7.89. The van der Waals surface area contributed by atoms with Crippen LogP contribution in [0.3, 0.4) is 0 Å². The lowest BCUT2D eigenvalue weighted by Crippen LogP contribution is -2.42. The molecule has 3 heterocycles. The molecule has 1 aliphatic carbocycles. The first kappa shape index (κ1) is 14.1. The molecule has 1 spiro atoms. The van der Waals surface area contributed by atoms with Crippen LogP contribution in [0.5, 0.6) is 0 Å². The number of ether oxygens (including phenoxy) is 1. The fraction of sp³-hybridized carbons (Fsp3) is 0.529. The number of benzene rings is 1. The Bertz CT molecular complexity index is 885. The van der Waals surface area contributed by atoms with Gasteiger partial charge in [0.25, 0.3) is 0 Å². The van der Waals surface area contributed by atoms with Crippen molar-refractivity contribution in [2.45, 2.75) is 50.2 Å². The number of fused-ring (bicyclic) bond motifs is 3. The van der Waals surface area contributed by atoms with E-state index in [0.717, 1.165) is 36.3 Å². The van der Waals surface area contributed by atoms with Gasteiger partial charge in [-0.3, -0.25) is 0 Å². The van der Waals surface area contributed by atoms with E-state index >= 15 is 0 Å². The molecular weight excluding hydrogens is 304 g/mol. The molecule has 7 nitrogen and oxygen atoms in total. The Labute approximate surface area is 139 Å². The Kier molecular flexibility index (Phi) is 3.16. The fourth-order valence-electron chi connectivity index (χ4n) is 4.21. The summed E-state index contributed by atoms with van der Waals surface area (Å²) in [6, 6.07) is 8.28. The predicted octanol–water partition coefficient (Wildman–Crippen LogP) is 2.58. The lowest BCUT2D eigenvalue weighted by atomic mass is 9.89. The van der Waals surface area contributed by atoms with Gasteiger partial charge in [-0.05, 0) is 48.2 Å². The molecule has 0 bridgehead atoms. The maximum atomic E-state index is 6.13. The number of hydrogen-bond acceptors (Lipinski definition) is 6. The zero-order chi connectivity index (χ0) is 16.0. The monoisotopic (exact) mass is 324 g/mol. The van der Waals surface area contributed by atoms with E-state index in [4.69, 9.17) is 9.72 Å². The average Bonchev–Trinajstić information content (AvgIpc) is 3.25. The van der Waals surface area contributed by atoms with Crippen molar-refractivity contribution in [1.82, 2.24) is 25.0 Å². The van der Waals surface area contributed by atoms with Gasteiger partial charge in [-0.1, -0.05) is 25.0 Å². The predicted molar refractivity (Wildman–Crippen MR) is 89.9 cm³/mol. The Morgan fingerprint density at radius 2 is 2.08 bits per heavy atom. The van der Waals surface area contributed by atoms with Crippen LogP contribution in [0.15, 0.2) is 24.3 Å². The highest BCUT2D eigenvalue weighted by atomic mass is 16.5. The normalized spacial score (nSPS) is 23.2. The van der Waals surface area contributed by atoms with Gasteiger partial charge in [0.1, 0.15) is 0 Å². The van der Waals surface area contributed by atoms with Crippen molar-refractivity contribution in [1.29, 1.82) is 0 Å². The Hall–Kier alpha value is -2.28. The van der Waals surface area contributed by atoms with Gasteiger partial charge in [-0.2, -0.15) is 4.52 Å². The zero-order valence-electron chi connectivity index (χ0n) is 13.5. The largest absolute Gasteiger partial charge is 0.375 e. The zero-order valence-corrected chi connectivity index (χ0v) is 13.5. The van der Waals surface area contributed by atoms with Crippen LogP contribution in [0.2, 0.25) is 0 Å². The number of tetrazole rings is 1. The van der Waals surface area contributed by atoms with Crippen LogP contribution in [0.4, 0.5) is 5.82 Å². The van der Waals surface area contributed by atoms with Crippen molar-refractivity contribution in [3.05, 3.63) is 24.3 Å². The van der Waals surface area contributed by atoms with Crippen molar-refractivity contribution < 1.29 is 4.74 Å². The van der Waals surface area contributed by atoms with E-state index in [9.17, 15) is 0 Å². The smallest absolute Gasteiger partial charge is 0.222 e. The molecule has 0 radical (unpaired) electrons. The van der Waals surface area contributed by atoms with Gasteiger partial charge in [-0.25, -0.2) is 4.98 Å². The number of rotatable bonds is 2. The molecule has 5 rings (SSSR count). The van der Waals surface area contributed by atoms with Gasteiger partial charge in [0.2, 0.25) is 5.65 Å². The minimum Gasteiger partial charge on any atom is -0.375 e. The van der Waals surface area contributed by atoms with Crippen LogP contribution in [0, 0.1) is 0 Å². The summed E-state index contributed by atoms with van der Waals surface area (Å²) in [5.74, 6) is 0.763. The Morgan fingerprint density at radius 1 is 1.21 bits per heavy atom. The summed E-state index contributed by atoms with van der Waals surface area (Å²) in [6.45, 7) is 0.812. The van der Waals surface area contributed by atoms with Crippen molar-refractivity contribution in [2.75, 3.05) is 11.9 Å². The van der Waals surface area contributed by atoms with E-state index in [1.807, 2.05) is 24.3 Å². The lowest BCUT2D eigenvalue weighted by Gasteiger charge is -2.38. The molecule has 24 heavy (non-hydrogen) atoms. The summed E-state index contributed by atoms with van der Waals surface area (Å²) in [6.07, 6.45) is 6.94. The molecule has 1 N–H and O–H groups in total. The number of aromatic nitrogens is 5. The highest BCUT2D eigenvalue weighted by molar-refractivity contribution is 5.81. The molecular formula is C17H20N6O. The van der Waals surface area contributed by atoms with Gasteiger partial charge in [0.15, 0.2) is 5.82 Å². The third-order valence-electron chi connectivity index (χ3n) is 5.37. The van der Waals surface area contributed by atoms with Crippen LogP contribution in [-0.2, 0) is 4.74 Å². The first-order valence-electron chi connectivity index (χ1n) is 8.70. The van der Waals surface area contributed by atoms with Crippen LogP contribution >= 0.6 is 0 Å². The number of anilines is 1. The molecule has 7 heteroatoms. The quantitative estimate of drug-likeness (QED) is 0.781. The summed E-state index contributed by atoms with van der Waals surface area (Å²) in [5, 5.41) is 15.7. The molecule has 1 saturated carbocycles. The van der Waals surface area contributed by atoms with E-state index in [1.165, 1.54) is 25.7 Å². The van der Waals surface area contributed by atoms with E-state index < -0.39 is 0 Å². The van der Waals surface area contributed by atoms with Gasteiger partial charge >= 0.3 is 0 Å². The fourth-order valence-corrected chi connectivity index (χ4v) is 4.21. The Morgan fingerprint density at radius 3 is 3.00 bits per heavy atom. The van der Waals surface area contributed by atoms with E-state index in [2.05, 4.69) is 20.8 Å². The molecule has 1 saturated heterocycles. The number of nitrogens with zero attached hydrogens (tertiary/aromatic N) is 5. The molecule has 3 aromatic rings. The summed E-state index contributed by atoms with van der Waals surface area (Å²) in [5.41, 5.74) is 2.57. The average molecular weight is 324 g/mol. The maximum absolute atomic E-state index is 6.13. The van der Waals surface area contributed by atoms with Crippen LogP contribution in [0.25, 0.3) is 16.7 Å². The number of hydrogen-bond donors (Lipinski definition) is 1. The first-order chi connectivity index (χ1) is 11.8. The highest BCUT2D eigenvalue weighted by Gasteiger charge is 2.40. The van der Waals surface area contributed by atoms with Gasteiger partial charge in [0, 0.05) is 12.6 Å². The minimum atomic E-state index is 0.0783. The summed E-state index contributed by atoms with van der Waals surface area (Å²) in [7, 11) is 0. The first-order valence-corrected chi connectivity index (χ1v) is 8.70. The van der Waals surface area contributed by atoms with Crippen LogP contribution in [0.1, 0.15) is 38.5 Å². The molecule has 1 unspecified atom stereocenters. The molecule has 0 amide bonds. The third kappa shape index (κ3) is 2.23. The summed E-state index contributed by atoms with van der Waals surface area (Å²) in [4.78, 5) is 4.77. The molecule has 124 valence electrons. The molecule has 2 aromatic heterocycles. The van der Waals surface area contributed by atoms with Crippen molar-refractivity contribution in [3.8, 4) is 0 Å². The van der Waals surface area contributed by atoms with Gasteiger partial charge < -0.3 is 10.1 Å². The maximum Gasteiger partial charge on any atom is 0.222 e. The Balaban J connectivity index is 1.50. The van der Waals surface area contributed by atoms with E-state index in [0.29, 0.717) is 11.7 Å². The molecule has 2 fully saturated rings. The second-order valence-electron chi connectivity index (χ2n) is 6.94. The molecule has 1 aromatic carbocycles. The van der Waals surface area contributed by atoms with Crippen molar-refractivity contribution >= 4 is 22.5 Å². The standard InChI is InChI=1S/C17H20N6O/c1-2-6-14-13(5-1)19-15(16-20-21-22-23(14)16)18-12-7-10-24-17(11-12)8-3-4-9-17/h1-2,5-6,12H,3-4,7-11H2,(H,18,19). The molecule has 2 aliphatic rings.